The van der Waals surface area contributed by atoms with Crippen molar-refractivity contribution in [3.05, 3.63) is 42.2 Å². The number of thioether (sulfide) groups is 2. The number of aliphatic carboxylic acids is 1. The van der Waals surface area contributed by atoms with Crippen LogP contribution in [0.1, 0.15) is 40.0 Å². The fraction of sp³-hybridized carbons (Fsp3) is 0.458. The number of carboxylic acid groups (broad SMARTS) is 1. The maximum atomic E-state index is 13.4. The molecule has 4 nitrogen and oxygen atoms in total. The molecule has 0 radical (unpaired) electrons. The quantitative estimate of drug-likeness (QED) is 0.441. The van der Waals surface area contributed by atoms with Crippen molar-refractivity contribution in [1.29, 1.82) is 0 Å². The molecule has 1 heterocycles. The fourth-order valence-corrected chi connectivity index (χ4v) is 4.81. The van der Waals surface area contributed by atoms with E-state index in [2.05, 4.69) is 25.7 Å². The highest BCUT2D eigenvalue weighted by molar-refractivity contribution is 7.99. The average molecular weight is 466 g/mol. The van der Waals surface area contributed by atoms with E-state index in [9.17, 15) is 9.18 Å². The first-order valence-corrected chi connectivity index (χ1v) is 12.9. The Morgan fingerprint density at radius 3 is 2.45 bits per heavy atom. The molecule has 2 aromatic carbocycles. The molecule has 0 spiro atoms. The molecule has 1 aliphatic heterocycles. The Morgan fingerprint density at radius 1 is 1.23 bits per heavy atom. The molecule has 1 atom stereocenters. The number of halogens is 1. The monoisotopic (exact) mass is 465 g/mol. The van der Waals surface area contributed by atoms with E-state index in [-0.39, 0.29) is 12.4 Å². The van der Waals surface area contributed by atoms with Crippen LogP contribution < -0.4 is 9.64 Å². The molecule has 1 unspecified atom stereocenters. The predicted octanol–water partition coefficient (Wildman–Crippen LogP) is 7.09. The Kier molecular flexibility index (Phi) is 10.5. The van der Waals surface area contributed by atoms with Crippen LogP contribution in [0.2, 0.25) is 0 Å². The summed E-state index contributed by atoms with van der Waals surface area (Å²) in [7, 11) is 0. The Hall–Kier alpha value is -1.86. The van der Waals surface area contributed by atoms with Gasteiger partial charge in [0.05, 0.1) is 10.6 Å². The molecule has 1 N–H and O–H groups in total. The summed E-state index contributed by atoms with van der Waals surface area (Å²) >= 11 is 3.28. The van der Waals surface area contributed by atoms with Gasteiger partial charge in [-0.2, -0.15) is 0 Å². The number of ether oxygens (including phenoxy) is 1. The molecule has 31 heavy (non-hydrogen) atoms. The summed E-state index contributed by atoms with van der Waals surface area (Å²) in [6.45, 7) is 7.03. The molecule has 3 rings (SSSR count). The van der Waals surface area contributed by atoms with E-state index in [4.69, 9.17) is 9.84 Å². The highest BCUT2D eigenvalue weighted by Crippen LogP contribution is 2.45. The van der Waals surface area contributed by atoms with Gasteiger partial charge in [0.25, 0.3) is 0 Å². The number of nitrogens with zero attached hydrogens (tertiary/aromatic N) is 1. The van der Waals surface area contributed by atoms with Crippen molar-refractivity contribution < 1.29 is 19.0 Å². The summed E-state index contributed by atoms with van der Waals surface area (Å²) in [6.07, 6.45) is 5.63. The molecule has 0 saturated carbocycles. The van der Waals surface area contributed by atoms with Crippen molar-refractivity contribution >= 4 is 40.9 Å². The minimum absolute atomic E-state index is 0.252. The van der Waals surface area contributed by atoms with Crippen LogP contribution in [0.5, 0.6) is 5.75 Å². The minimum Gasteiger partial charge on any atom is -0.481 e. The van der Waals surface area contributed by atoms with E-state index in [1.54, 1.807) is 23.9 Å². The van der Waals surface area contributed by atoms with E-state index in [0.717, 1.165) is 39.9 Å². The van der Waals surface area contributed by atoms with E-state index >= 15 is 0 Å². The van der Waals surface area contributed by atoms with Crippen LogP contribution in [-0.2, 0) is 4.79 Å². The highest BCUT2D eigenvalue weighted by Gasteiger charge is 2.25. The highest BCUT2D eigenvalue weighted by atomic mass is 32.2. The van der Waals surface area contributed by atoms with Crippen LogP contribution in [-0.4, -0.2) is 36.2 Å². The molecule has 0 aromatic heterocycles. The summed E-state index contributed by atoms with van der Waals surface area (Å²) in [5, 5.41) is 8.93. The maximum absolute atomic E-state index is 13.4. The first-order valence-electron chi connectivity index (χ1n) is 10.7. The van der Waals surface area contributed by atoms with Gasteiger partial charge in [-0.3, -0.25) is 0 Å². The first kappa shape index (κ1) is 25.4. The molecule has 0 fully saturated rings. The van der Waals surface area contributed by atoms with E-state index in [0.29, 0.717) is 11.7 Å². The van der Waals surface area contributed by atoms with Gasteiger partial charge in [0, 0.05) is 22.9 Å². The largest absolute Gasteiger partial charge is 0.481 e. The lowest BCUT2D eigenvalue weighted by Crippen LogP contribution is -2.24. The van der Waals surface area contributed by atoms with Crippen molar-refractivity contribution in [3.8, 4) is 5.75 Å². The molecular formula is C24H32FNO3S2. The zero-order valence-corrected chi connectivity index (χ0v) is 20.3. The molecule has 0 bridgehead atoms. The van der Waals surface area contributed by atoms with Crippen molar-refractivity contribution in [2.24, 2.45) is 5.92 Å². The maximum Gasteiger partial charge on any atom is 0.341 e. The van der Waals surface area contributed by atoms with Gasteiger partial charge in [0.1, 0.15) is 11.6 Å². The second-order valence-electron chi connectivity index (χ2n) is 7.33. The molecule has 2 aromatic rings. The second kappa shape index (κ2) is 12.9. The summed E-state index contributed by atoms with van der Waals surface area (Å²) in [5.74, 6) is 0.804. The van der Waals surface area contributed by atoms with E-state index in [1.165, 1.54) is 36.7 Å². The second-order valence-corrected chi connectivity index (χ2v) is 9.24. The average Bonchev–Trinajstić information content (AvgIpc) is 2.96. The molecule has 7 heteroatoms. The SMILES string of the molecule is CCC1CSc2cc(OCC(=O)O)c(SC)cc2N(c2ccc(F)cc2)C1.CCCC. The molecule has 1 aliphatic rings. The summed E-state index contributed by atoms with van der Waals surface area (Å²) in [4.78, 5) is 15.0. The van der Waals surface area contributed by atoms with Gasteiger partial charge in [-0.15, -0.1) is 23.5 Å². The minimum atomic E-state index is -0.997. The standard InChI is InChI=1S/C20H22FNO3S2.C4H10/c1-3-13-10-22(15-6-4-14(21)5-7-15)16-8-19(26-2)17(25-11-20(23)24)9-18(16)27-12-13;1-3-4-2/h4-9,13H,3,10-12H2,1-2H3,(H,23,24);3-4H2,1-2H3. The summed E-state index contributed by atoms with van der Waals surface area (Å²) < 4.78 is 18.9. The number of hydrogen-bond donors (Lipinski definition) is 1. The van der Waals surface area contributed by atoms with E-state index < -0.39 is 5.97 Å². The Balaban J connectivity index is 0.000000785. The van der Waals surface area contributed by atoms with Crippen LogP contribution in [0.4, 0.5) is 15.8 Å². The lowest BCUT2D eigenvalue weighted by Gasteiger charge is -2.28. The number of anilines is 2. The number of carboxylic acids is 1. The normalized spacial score (nSPS) is 15.4. The van der Waals surface area contributed by atoms with Gasteiger partial charge in [0.2, 0.25) is 0 Å². The summed E-state index contributed by atoms with van der Waals surface area (Å²) in [6, 6.07) is 10.5. The zero-order valence-electron chi connectivity index (χ0n) is 18.7. The molecule has 0 amide bonds. The smallest absolute Gasteiger partial charge is 0.341 e. The van der Waals surface area contributed by atoms with Crippen molar-refractivity contribution in [2.75, 3.05) is 30.1 Å². The number of benzene rings is 2. The van der Waals surface area contributed by atoms with Crippen LogP contribution in [0, 0.1) is 11.7 Å². The Labute approximate surface area is 193 Å². The van der Waals surface area contributed by atoms with Gasteiger partial charge < -0.3 is 14.7 Å². The molecule has 0 aliphatic carbocycles. The zero-order chi connectivity index (χ0) is 22.8. The number of carbonyl (C=O) groups is 1. The van der Waals surface area contributed by atoms with Gasteiger partial charge in [-0.1, -0.05) is 40.0 Å². The lowest BCUT2D eigenvalue weighted by atomic mass is 10.1. The number of unbranched alkanes of at least 4 members (excludes halogenated alkanes) is 1. The Morgan fingerprint density at radius 2 is 1.90 bits per heavy atom. The molecule has 170 valence electrons. The predicted molar refractivity (Wildman–Crippen MR) is 130 cm³/mol. The third kappa shape index (κ3) is 7.35. The topological polar surface area (TPSA) is 49.8 Å². The fourth-order valence-electron chi connectivity index (χ4n) is 3.00. The first-order chi connectivity index (χ1) is 14.9. The van der Waals surface area contributed by atoms with Crippen LogP contribution in [0.15, 0.2) is 46.2 Å². The van der Waals surface area contributed by atoms with Gasteiger partial charge in [0.15, 0.2) is 6.61 Å². The third-order valence-electron chi connectivity index (χ3n) is 5.02. The van der Waals surface area contributed by atoms with Crippen LogP contribution in [0.3, 0.4) is 0 Å². The van der Waals surface area contributed by atoms with Crippen molar-refractivity contribution in [2.45, 2.75) is 49.8 Å². The van der Waals surface area contributed by atoms with Crippen molar-refractivity contribution in [3.63, 3.8) is 0 Å². The lowest BCUT2D eigenvalue weighted by molar-refractivity contribution is -0.139. The van der Waals surface area contributed by atoms with Gasteiger partial charge in [-0.05, 0) is 48.6 Å². The third-order valence-corrected chi connectivity index (χ3v) is 7.05. The number of hydrogen-bond acceptors (Lipinski definition) is 5. The Bertz CT molecular complexity index is 843. The summed E-state index contributed by atoms with van der Waals surface area (Å²) in [5.41, 5.74) is 2.00. The van der Waals surface area contributed by atoms with Gasteiger partial charge in [-0.25, -0.2) is 9.18 Å². The molecule has 0 saturated heterocycles. The van der Waals surface area contributed by atoms with Crippen LogP contribution >= 0.6 is 23.5 Å². The van der Waals surface area contributed by atoms with Crippen molar-refractivity contribution in [1.82, 2.24) is 0 Å². The van der Waals surface area contributed by atoms with E-state index in [1.807, 2.05) is 18.4 Å². The van der Waals surface area contributed by atoms with Crippen LogP contribution in [0.25, 0.3) is 0 Å². The molecular weight excluding hydrogens is 433 g/mol. The number of rotatable bonds is 7. The number of fused-ring (bicyclic) bond motifs is 1. The van der Waals surface area contributed by atoms with Gasteiger partial charge >= 0.3 is 5.97 Å².